The van der Waals surface area contributed by atoms with Gasteiger partial charge in [0.1, 0.15) is 11.6 Å². The lowest BCUT2D eigenvalue weighted by Crippen LogP contribution is -2.30. The fourth-order valence-electron chi connectivity index (χ4n) is 1.91. The van der Waals surface area contributed by atoms with E-state index >= 15 is 0 Å². The van der Waals surface area contributed by atoms with E-state index < -0.39 is 0 Å². The molecule has 0 aliphatic carbocycles. The summed E-state index contributed by atoms with van der Waals surface area (Å²) in [5.41, 5.74) is 1.02. The maximum atomic E-state index is 9.21. The van der Waals surface area contributed by atoms with Crippen LogP contribution in [0.15, 0.2) is 6.07 Å². The van der Waals surface area contributed by atoms with E-state index in [1.165, 1.54) is 0 Å². The molecule has 1 aromatic heterocycles. The summed E-state index contributed by atoms with van der Waals surface area (Å²) < 4.78 is 0. The van der Waals surface area contributed by atoms with Crippen molar-refractivity contribution >= 4 is 5.82 Å². The third-order valence-electron chi connectivity index (χ3n) is 3.14. The first-order chi connectivity index (χ1) is 9.49. The monoisotopic (exact) mass is 281 g/mol. The van der Waals surface area contributed by atoms with Crippen molar-refractivity contribution in [2.24, 2.45) is 0 Å². The molecular weight excluding hydrogens is 254 g/mol. The Bertz CT molecular complexity index is 382. The number of hydrogen-bond acceptors (Lipinski definition) is 5. The molecule has 0 aliphatic heterocycles. The number of aliphatic hydroxyl groups is 2. The summed E-state index contributed by atoms with van der Waals surface area (Å²) in [4.78, 5) is 11.2. The average molecular weight is 281 g/mol. The molecule has 0 saturated heterocycles. The van der Waals surface area contributed by atoms with Crippen molar-refractivity contribution < 1.29 is 10.2 Å². The molecule has 1 aromatic rings. The summed E-state index contributed by atoms with van der Waals surface area (Å²) in [6, 6.07) is 1.99. The van der Waals surface area contributed by atoms with Gasteiger partial charge in [-0.25, -0.2) is 9.97 Å². The fourth-order valence-corrected chi connectivity index (χ4v) is 1.91. The van der Waals surface area contributed by atoms with Crippen LogP contribution in [0.1, 0.15) is 57.5 Å². The molecule has 0 amide bonds. The fraction of sp³-hybridized carbons (Fsp3) is 0.733. The Balaban J connectivity index is 3.11. The Morgan fingerprint density at radius 2 is 1.70 bits per heavy atom. The highest BCUT2D eigenvalue weighted by Gasteiger charge is 2.14. The van der Waals surface area contributed by atoms with Crippen LogP contribution in [-0.4, -0.2) is 46.5 Å². The molecule has 0 aromatic carbocycles. The van der Waals surface area contributed by atoms with Crippen LogP contribution in [0, 0.1) is 0 Å². The molecular formula is C15H27N3O2. The van der Waals surface area contributed by atoms with Gasteiger partial charge >= 0.3 is 0 Å². The van der Waals surface area contributed by atoms with Crippen LogP contribution in [0.4, 0.5) is 5.82 Å². The van der Waals surface area contributed by atoms with Gasteiger partial charge in [-0.15, -0.1) is 0 Å². The van der Waals surface area contributed by atoms with E-state index in [1.807, 2.05) is 11.0 Å². The minimum Gasteiger partial charge on any atom is -0.396 e. The molecule has 5 heteroatoms. The number of nitrogens with zero attached hydrogens (tertiary/aromatic N) is 3. The van der Waals surface area contributed by atoms with E-state index in [2.05, 4.69) is 37.7 Å². The number of rotatable bonds is 8. The molecule has 0 spiro atoms. The Kier molecular flexibility index (Phi) is 6.88. The average Bonchev–Trinajstić information content (AvgIpc) is 2.42. The van der Waals surface area contributed by atoms with E-state index in [-0.39, 0.29) is 19.1 Å². The first-order valence-electron chi connectivity index (χ1n) is 7.35. The van der Waals surface area contributed by atoms with Crippen molar-refractivity contribution in [2.45, 2.75) is 46.0 Å². The molecule has 0 fully saturated rings. The molecule has 0 atom stereocenters. The molecule has 0 saturated carbocycles. The summed E-state index contributed by atoms with van der Waals surface area (Å²) in [6.45, 7) is 9.79. The first-order valence-corrected chi connectivity index (χ1v) is 7.35. The Morgan fingerprint density at radius 1 is 1.00 bits per heavy atom. The van der Waals surface area contributed by atoms with Gasteiger partial charge in [-0.1, -0.05) is 27.7 Å². The summed E-state index contributed by atoms with van der Waals surface area (Å²) in [5.74, 6) is 2.28. The van der Waals surface area contributed by atoms with E-state index in [4.69, 9.17) is 5.11 Å². The first kappa shape index (κ1) is 16.9. The zero-order chi connectivity index (χ0) is 15.1. The van der Waals surface area contributed by atoms with Crippen LogP contribution in [0.3, 0.4) is 0 Å². The third kappa shape index (κ3) is 4.72. The quantitative estimate of drug-likeness (QED) is 0.761. The summed E-state index contributed by atoms with van der Waals surface area (Å²) in [6.07, 6.45) is 0.665. The van der Waals surface area contributed by atoms with Gasteiger partial charge in [-0.3, -0.25) is 0 Å². The lowest BCUT2D eigenvalue weighted by molar-refractivity contribution is 0.281. The molecule has 0 aliphatic rings. The van der Waals surface area contributed by atoms with Crippen LogP contribution >= 0.6 is 0 Å². The van der Waals surface area contributed by atoms with Gasteiger partial charge < -0.3 is 15.1 Å². The van der Waals surface area contributed by atoms with Crippen LogP contribution in [0.2, 0.25) is 0 Å². The Labute approximate surface area is 121 Å². The molecule has 0 bridgehead atoms. The molecule has 0 unspecified atom stereocenters. The van der Waals surface area contributed by atoms with Crippen LogP contribution in [0.5, 0.6) is 0 Å². The summed E-state index contributed by atoms with van der Waals surface area (Å²) in [5, 5.41) is 18.2. The molecule has 0 radical (unpaired) electrons. The van der Waals surface area contributed by atoms with Crippen molar-refractivity contribution in [2.75, 3.05) is 31.2 Å². The zero-order valence-electron chi connectivity index (χ0n) is 13.0. The topological polar surface area (TPSA) is 69.5 Å². The lowest BCUT2D eigenvalue weighted by atomic mass is 10.1. The molecule has 1 heterocycles. The maximum absolute atomic E-state index is 9.21. The van der Waals surface area contributed by atoms with Crippen molar-refractivity contribution in [3.05, 3.63) is 17.6 Å². The van der Waals surface area contributed by atoms with Gasteiger partial charge in [0.15, 0.2) is 0 Å². The molecule has 20 heavy (non-hydrogen) atoms. The van der Waals surface area contributed by atoms with E-state index in [1.54, 1.807) is 0 Å². The number of aliphatic hydroxyl groups excluding tert-OH is 2. The van der Waals surface area contributed by atoms with Crippen molar-refractivity contribution in [3.8, 4) is 0 Å². The van der Waals surface area contributed by atoms with Crippen molar-refractivity contribution in [1.82, 2.24) is 9.97 Å². The standard InChI is InChI=1S/C15H27N3O2/c1-11(2)13-10-14(17-15(16-13)12(3)4)18(7-9-20)6-5-8-19/h10-12,19-20H,5-9H2,1-4H3. The smallest absolute Gasteiger partial charge is 0.133 e. The van der Waals surface area contributed by atoms with E-state index in [0.29, 0.717) is 25.4 Å². The highest BCUT2D eigenvalue weighted by atomic mass is 16.3. The Morgan fingerprint density at radius 3 is 2.20 bits per heavy atom. The van der Waals surface area contributed by atoms with Gasteiger partial charge in [0.2, 0.25) is 0 Å². The van der Waals surface area contributed by atoms with Gasteiger partial charge in [-0.2, -0.15) is 0 Å². The normalized spacial score (nSPS) is 11.4. The Hall–Kier alpha value is -1.20. The molecule has 5 nitrogen and oxygen atoms in total. The largest absolute Gasteiger partial charge is 0.396 e. The second-order valence-electron chi connectivity index (χ2n) is 5.61. The molecule has 114 valence electrons. The van der Waals surface area contributed by atoms with Gasteiger partial charge in [-0.05, 0) is 12.3 Å². The molecule has 2 N–H and O–H groups in total. The number of hydrogen-bond donors (Lipinski definition) is 2. The third-order valence-corrected chi connectivity index (χ3v) is 3.14. The lowest BCUT2D eigenvalue weighted by Gasteiger charge is -2.24. The second kappa shape index (κ2) is 8.17. The SMILES string of the molecule is CC(C)c1cc(N(CCO)CCCO)nc(C(C)C)n1. The number of aromatic nitrogens is 2. The predicted octanol–water partition coefficient (Wildman–Crippen LogP) is 1.90. The van der Waals surface area contributed by atoms with Gasteiger partial charge in [0.05, 0.1) is 6.61 Å². The van der Waals surface area contributed by atoms with Crippen LogP contribution < -0.4 is 4.90 Å². The maximum Gasteiger partial charge on any atom is 0.133 e. The van der Waals surface area contributed by atoms with Crippen molar-refractivity contribution in [3.63, 3.8) is 0 Å². The minimum absolute atomic E-state index is 0.0729. The minimum atomic E-state index is 0.0729. The summed E-state index contributed by atoms with van der Waals surface area (Å²) >= 11 is 0. The number of anilines is 1. The van der Waals surface area contributed by atoms with E-state index in [9.17, 15) is 5.11 Å². The zero-order valence-corrected chi connectivity index (χ0v) is 13.0. The van der Waals surface area contributed by atoms with Crippen LogP contribution in [0.25, 0.3) is 0 Å². The predicted molar refractivity (Wildman–Crippen MR) is 81.2 cm³/mol. The van der Waals surface area contributed by atoms with Gasteiger partial charge in [0.25, 0.3) is 0 Å². The van der Waals surface area contributed by atoms with E-state index in [0.717, 1.165) is 17.3 Å². The van der Waals surface area contributed by atoms with Crippen molar-refractivity contribution in [1.29, 1.82) is 0 Å². The highest BCUT2D eigenvalue weighted by molar-refractivity contribution is 5.41. The van der Waals surface area contributed by atoms with Gasteiger partial charge in [0, 0.05) is 37.4 Å². The van der Waals surface area contributed by atoms with Crippen LogP contribution in [-0.2, 0) is 0 Å². The second-order valence-corrected chi connectivity index (χ2v) is 5.61. The molecule has 1 rings (SSSR count). The summed E-state index contributed by atoms with van der Waals surface area (Å²) in [7, 11) is 0. The highest BCUT2D eigenvalue weighted by Crippen LogP contribution is 2.21.